The van der Waals surface area contributed by atoms with E-state index in [9.17, 15) is 4.79 Å². The van der Waals surface area contributed by atoms with Crippen LogP contribution < -0.4 is 5.56 Å². The maximum absolute atomic E-state index is 12.3. The second-order valence-corrected chi connectivity index (χ2v) is 6.95. The number of aromatic nitrogens is 2. The standard InChI is InChI=1S/C15H22N2OS2/c1-11(2)7-5-3-4-6-9-17-14(18)12-8-10-20-13(12)16-15(17)19/h8,10-11H,3-7,9H2,1-2H3,(H,16,19). The molecule has 0 saturated carbocycles. The number of hydrogen-bond donors (Lipinski definition) is 1. The molecule has 2 aromatic rings. The fourth-order valence-corrected chi connectivity index (χ4v) is 3.47. The Morgan fingerprint density at radius 1 is 1.30 bits per heavy atom. The third kappa shape index (κ3) is 3.79. The Labute approximate surface area is 128 Å². The molecule has 0 bridgehead atoms. The largest absolute Gasteiger partial charge is 0.323 e. The van der Waals surface area contributed by atoms with Crippen molar-refractivity contribution in [2.24, 2.45) is 5.92 Å². The Balaban J connectivity index is 1.93. The summed E-state index contributed by atoms with van der Waals surface area (Å²) in [6, 6.07) is 1.87. The molecule has 2 rings (SSSR count). The van der Waals surface area contributed by atoms with E-state index >= 15 is 0 Å². The normalized spacial score (nSPS) is 11.6. The second kappa shape index (κ2) is 7.18. The van der Waals surface area contributed by atoms with Gasteiger partial charge in [0.05, 0.1) is 5.39 Å². The van der Waals surface area contributed by atoms with E-state index < -0.39 is 0 Å². The fourth-order valence-electron chi connectivity index (χ4n) is 2.36. The van der Waals surface area contributed by atoms with Crippen LogP contribution in [-0.2, 0) is 6.54 Å². The highest BCUT2D eigenvalue weighted by Crippen LogP contribution is 2.14. The summed E-state index contributed by atoms with van der Waals surface area (Å²) < 4.78 is 2.25. The molecule has 0 fully saturated rings. The van der Waals surface area contributed by atoms with Crippen LogP contribution >= 0.6 is 23.6 Å². The lowest BCUT2D eigenvalue weighted by molar-refractivity contribution is 0.501. The highest BCUT2D eigenvalue weighted by Gasteiger charge is 2.06. The van der Waals surface area contributed by atoms with Gasteiger partial charge in [0.1, 0.15) is 4.83 Å². The van der Waals surface area contributed by atoms with Crippen LogP contribution in [0.1, 0.15) is 46.0 Å². The third-order valence-corrected chi connectivity index (χ3v) is 4.67. The fraction of sp³-hybridized carbons (Fsp3) is 0.600. The van der Waals surface area contributed by atoms with Crippen molar-refractivity contribution in [2.45, 2.75) is 52.5 Å². The van der Waals surface area contributed by atoms with E-state index in [0.29, 0.717) is 4.77 Å². The predicted molar refractivity (Wildman–Crippen MR) is 89.2 cm³/mol. The van der Waals surface area contributed by atoms with Gasteiger partial charge in [0.25, 0.3) is 5.56 Å². The molecular weight excluding hydrogens is 288 g/mol. The molecule has 0 amide bonds. The molecule has 2 aromatic heterocycles. The van der Waals surface area contributed by atoms with Crippen LogP contribution in [0.5, 0.6) is 0 Å². The van der Waals surface area contributed by atoms with Gasteiger partial charge in [-0.3, -0.25) is 9.36 Å². The number of nitrogens with zero attached hydrogens (tertiary/aromatic N) is 1. The highest BCUT2D eigenvalue weighted by molar-refractivity contribution is 7.71. The minimum Gasteiger partial charge on any atom is -0.323 e. The Morgan fingerprint density at radius 3 is 2.80 bits per heavy atom. The quantitative estimate of drug-likeness (QED) is 0.593. The second-order valence-electron chi connectivity index (χ2n) is 5.65. The van der Waals surface area contributed by atoms with Gasteiger partial charge >= 0.3 is 0 Å². The average Bonchev–Trinajstić information content (AvgIpc) is 2.84. The number of H-pyrrole nitrogens is 1. The number of hydrogen-bond acceptors (Lipinski definition) is 3. The van der Waals surface area contributed by atoms with Crippen LogP contribution in [0, 0.1) is 10.7 Å². The number of thiophene rings is 1. The van der Waals surface area contributed by atoms with Crippen molar-refractivity contribution in [1.29, 1.82) is 0 Å². The Kier molecular flexibility index (Phi) is 5.54. The molecule has 0 unspecified atom stereocenters. The molecule has 0 radical (unpaired) electrons. The van der Waals surface area contributed by atoms with Gasteiger partial charge in [0.15, 0.2) is 4.77 Å². The average molecular weight is 310 g/mol. The molecule has 0 aliphatic heterocycles. The van der Waals surface area contributed by atoms with E-state index in [2.05, 4.69) is 18.8 Å². The first-order valence-electron chi connectivity index (χ1n) is 7.30. The van der Waals surface area contributed by atoms with Crippen LogP contribution in [0.4, 0.5) is 0 Å². The van der Waals surface area contributed by atoms with Crippen molar-refractivity contribution >= 4 is 33.8 Å². The minimum atomic E-state index is 0.0483. The SMILES string of the molecule is CC(C)CCCCCCn1c(=S)[nH]c2sccc2c1=O. The van der Waals surface area contributed by atoms with Gasteiger partial charge < -0.3 is 4.98 Å². The summed E-state index contributed by atoms with van der Waals surface area (Å²) in [5, 5.41) is 2.68. The van der Waals surface area contributed by atoms with Gasteiger partial charge in [-0.05, 0) is 36.0 Å². The van der Waals surface area contributed by atoms with E-state index in [1.807, 2.05) is 11.4 Å². The maximum atomic E-state index is 12.3. The van der Waals surface area contributed by atoms with Crippen molar-refractivity contribution < 1.29 is 0 Å². The zero-order valence-corrected chi connectivity index (χ0v) is 13.8. The van der Waals surface area contributed by atoms with Crippen molar-refractivity contribution in [1.82, 2.24) is 9.55 Å². The predicted octanol–water partition coefficient (Wildman–Crippen LogP) is 4.73. The lowest BCUT2D eigenvalue weighted by Gasteiger charge is -2.07. The van der Waals surface area contributed by atoms with Crippen molar-refractivity contribution in [2.75, 3.05) is 0 Å². The Bertz CT molecular complexity index is 666. The first-order chi connectivity index (χ1) is 9.59. The Hall–Kier alpha value is -0.940. The van der Waals surface area contributed by atoms with E-state index in [-0.39, 0.29) is 5.56 Å². The lowest BCUT2D eigenvalue weighted by atomic mass is 10.0. The first-order valence-corrected chi connectivity index (χ1v) is 8.58. The smallest absolute Gasteiger partial charge is 0.263 e. The molecule has 1 N–H and O–H groups in total. The summed E-state index contributed by atoms with van der Waals surface area (Å²) in [6.45, 7) is 5.24. The van der Waals surface area contributed by atoms with Crippen LogP contribution in [0.25, 0.3) is 10.2 Å². The molecular formula is C15H22N2OS2. The van der Waals surface area contributed by atoms with Gasteiger partial charge in [0.2, 0.25) is 0 Å². The van der Waals surface area contributed by atoms with Gasteiger partial charge in [-0.2, -0.15) is 0 Å². The summed E-state index contributed by atoms with van der Waals surface area (Å²) in [6.07, 6.45) is 5.99. The summed E-state index contributed by atoms with van der Waals surface area (Å²) >= 11 is 6.81. The van der Waals surface area contributed by atoms with E-state index in [0.717, 1.165) is 35.5 Å². The highest BCUT2D eigenvalue weighted by atomic mass is 32.1. The molecule has 0 atom stereocenters. The number of fused-ring (bicyclic) bond motifs is 1. The molecule has 0 aromatic carbocycles. The zero-order chi connectivity index (χ0) is 14.5. The monoisotopic (exact) mass is 310 g/mol. The summed E-state index contributed by atoms with van der Waals surface area (Å²) in [5.74, 6) is 0.785. The summed E-state index contributed by atoms with van der Waals surface area (Å²) in [7, 11) is 0. The van der Waals surface area contributed by atoms with Crippen LogP contribution in [0.15, 0.2) is 16.2 Å². The number of aromatic amines is 1. The van der Waals surface area contributed by atoms with Crippen LogP contribution in [0.3, 0.4) is 0 Å². The number of rotatable bonds is 7. The molecule has 20 heavy (non-hydrogen) atoms. The molecule has 0 spiro atoms. The molecule has 110 valence electrons. The number of unbranched alkanes of at least 4 members (excludes halogenated alkanes) is 3. The lowest BCUT2D eigenvalue weighted by Crippen LogP contribution is -2.21. The van der Waals surface area contributed by atoms with E-state index in [4.69, 9.17) is 12.2 Å². The van der Waals surface area contributed by atoms with Crippen LogP contribution in [0.2, 0.25) is 0 Å². The molecule has 3 nitrogen and oxygen atoms in total. The van der Waals surface area contributed by atoms with Gasteiger partial charge in [-0.15, -0.1) is 11.3 Å². The zero-order valence-electron chi connectivity index (χ0n) is 12.1. The third-order valence-electron chi connectivity index (χ3n) is 3.52. The van der Waals surface area contributed by atoms with Crippen molar-refractivity contribution in [3.8, 4) is 0 Å². The maximum Gasteiger partial charge on any atom is 0.263 e. The van der Waals surface area contributed by atoms with E-state index in [1.165, 1.54) is 30.6 Å². The summed E-state index contributed by atoms with van der Waals surface area (Å²) in [4.78, 5) is 16.3. The van der Waals surface area contributed by atoms with E-state index in [1.54, 1.807) is 4.57 Å². The molecule has 5 heteroatoms. The summed E-state index contributed by atoms with van der Waals surface area (Å²) in [5.41, 5.74) is 0.0483. The van der Waals surface area contributed by atoms with Crippen LogP contribution in [-0.4, -0.2) is 9.55 Å². The molecule has 0 saturated heterocycles. The first kappa shape index (κ1) is 15.4. The van der Waals surface area contributed by atoms with Gasteiger partial charge in [0, 0.05) is 6.54 Å². The molecule has 0 aliphatic carbocycles. The van der Waals surface area contributed by atoms with Gasteiger partial charge in [-0.1, -0.05) is 39.5 Å². The van der Waals surface area contributed by atoms with Crippen molar-refractivity contribution in [3.63, 3.8) is 0 Å². The Morgan fingerprint density at radius 2 is 2.05 bits per heavy atom. The number of nitrogens with one attached hydrogen (secondary N) is 1. The van der Waals surface area contributed by atoms with Gasteiger partial charge in [-0.25, -0.2) is 0 Å². The van der Waals surface area contributed by atoms with Crippen molar-refractivity contribution in [3.05, 3.63) is 26.6 Å². The topological polar surface area (TPSA) is 37.8 Å². The minimum absolute atomic E-state index is 0.0483. The molecule has 2 heterocycles. The molecule has 0 aliphatic rings.